The standard InChI is InChI=1S/C24H21N3O2/c1-14(2)21(28)13-20-24-22(15(3)27-29-24)18-7-5-6-8-19(18)23(26-20)16-9-11-17(25-4)12-10-16/h5-12,14,20H,13H2,1-3H3. The van der Waals surface area contributed by atoms with Crippen molar-refractivity contribution in [3.05, 3.63) is 82.5 Å². The third kappa shape index (κ3) is 3.38. The van der Waals surface area contributed by atoms with Crippen LogP contribution in [0.25, 0.3) is 16.0 Å². The van der Waals surface area contributed by atoms with Crippen molar-refractivity contribution >= 4 is 17.2 Å². The fourth-order valence-corrected chi connectivity index (χ4v) is 3.62. The zero-order valence-electron chi connectivity index (χ0n) is 16.6. The van der Waals surface area contributed by atoms with Crippen LogP contribution in [0.5, 0.6) is 0 Å². The number of aliphatic imine (C=N–C) groups is 1. The number of fused-ring (bicyclic) bond motifs is 3. The summed E-state index contributed by atoms with van der Waals surface area (Å²) < 4.78 is 5.69. The summed E-state index contributed by atoms with van der Waals surface area (Å²) in [5, 5.41) is 4.17. The Morgan fingerprint density at radius 1 is 1.14 bits per heavy atom. The molecule has 29 heavy (non-hydrogen) atoms. The van der Waals surface area contributed by atoms with Crippen LogP contribution in [0.1, 0.15) is 48.9 Å². The number of aryl methyl sites for hydroxylation is 1. The Morgan fingerprint density at radius 3 is 2.48 bits per heavy atom. The highest BCUT2D eigenvalue weighted by Gasteiger charge is 2.31. The summed E-state index contributed by atoms with van der Waals surface area (Å²) in [5.41, 5.74) is 5.94. The Bertz CT molecular complexity index is 1150. The molecule has 5 nitrogen and oxygen atoms in total. The average Bonchev–Trinajstić information content (AvgIpc) is 3.05. The number of nitrogens with zero attached hydrogens (tertiary/aromatic N) is 3. The van der Waals surface area contributed by atoms with Gasteiger partial charge in [0, 0.05) is 17.9 Å². The van der Waals surface area contributed by atoms with Gasteiger partial charge in [0.2, 0.25) is 0 Å². The van der Waals surface area contributed by atoms with E-state index in [-0.39, 0.29) is 18.1 Å². The molecule has 0 saturated carbocycles. The number of benzene rings is 2. The van der Waals surface area contributed by atoms with Crippen molar-refractivity contribution in [2.45, 2.75) is 33.2 Å². The number of carbonyl (C=O) groups excluding carboxylic acids is 1. The highest BCUT2D eigenvalue weighted by Crippen LogP contribution is 2.41. The summed E-state index contributed by atoms with van der Waals surface area (Å²) in [7, 11) is 0. The molecule has 0 saturated heterocycles. The number of Topliss-reactive ketones (excluding diaryl/α,β-unsaturated/α-hetero) is 1. The lowest BCUT2D eigenvalue weighted by atomic mass is 9.92. The molecule has 0 fully saturated rings. The van der Waals surface area contributed by atoms with E-state index in [0.717, 1.165) is 33.7 Å². The first-order valence-corrected chi connectivity index (χ1v) is 9.64. The molecule has 0 N–H and O–H groups in total. The second kappa shape index (κ2) is 7.48. The van der Waals surface area contributed by atoms with Gasteiger partial charge in [-0.1, -0.05) is 67.5 Å². The van der Waals surface area contributed by atoms with E-state index < -0.39 is 6.04 Å². The van der Waals surface area contributed by atoms with E-state index in [0.29, 0.717) is 11.4 Å². The molecule has 144 valence electrons. The van der Waals surface area contributed by atoms with Crippen LogP contribution >= 0.6 is 0 Å². The molecular formula is C24H21N3O2. The lowest BCUT2D eigenvalue weighted by molar-refractivity contribution is -0.122. The summed E-state index contributed by atoms with van der Waals surface area (Å²) in [5.74, 6) is 0.689. The third-order valence-corrected chi connectivity index (χ3v) is 5.24. The fraction of sp³-hybridized carbons (Fsp3) is 0.250. The number of aromatic nitrogens is 1. The molecule has 0 bridgehead atoms. The van der Waals surface area contributed by atoms with Gasteiger partial charge in [-0.3, -0.25) is 9.79 Å². The number of hydrogen-bond donors (Lipinski definition) is 0. The third-order valence-electron chi connectivity index (χ3n) is 5.24. The molecule has 1 unspecified atom stereocenters. The molecule has 4 rings (SSSR count). The minimum Gasteiger partial charge on any atom is -0.358 e. The van der Waals surface area contributed by atoms with Gasteiger partial charge in [0.15, 0.2) is 11.4 Å². The Balaban J connectivity index is 1.94. The first-order valence-electron chi connectivity index (χ1n) is 9.64. The van der Waals surface area contributed by atoms with Crippen LogP contribution in [-0.2, 0) is 4.79 Å². The predicted octanol–water partition coefficient (Wildman–Crippen LogP) is 5.71. The van der Waals surface area contributed by atoms with E-state index in [4.69, 9.17) is 16.1 Å². The van der Waals surface area contributed by atoms with Gasteiger partial charge >= 0.3 is 0 Å². The molecular weight excluding hydrogens is 362 g/mol. The zero-order chi connectivity index (χ0) is 20.5. The largest absolute Gasteiger partial charge is 0.358 e. The maximum Gasteiger partial charge on any atom is 0.187 e. The Hall–Kier alpha value is -3.52. The molecule has 2 heterocycles. The number of rotatable bonds is 4. The highest BCUT2D eigenvalue weighted by molar-refractivity contribution is 6.17. The molecule has 0 spiro atoms. The SMILES string of the molecule is [C-]#[N+]c1ccc(C2=NC(CC(=O)C(C)C)c3onc(C)c3-c3ccccc32)cc1. The maximum absolute atomic E-state index is 12.6. The van der Waals surface area contributed by atoms with Gasteiger partial charge in [-0.05, 0) is 18.1 Å². The molecule has 2 aromatic carbocycles. The van der Waals surface area contributed by atoms with E-state index in [1.807, 2.05) is 57.2 Å². The van der Waals surface area contributed by atoms with Crippen molar-refractivity contribution in [2.75, 3.05) is 0 Å². The Morgan fingerprint density at radius 2 is 1.83 bits per heavy atom. The lowest BCUT2D eigenvalue weighted by Gasteiger charge is -2.13. The second-order valence-electron chi connectivity index (χ2n) is 7.53. The van der Waals surface area contributed by atoms with Crippen molar-refractivity contribution in [3.63, 3.8) is 0 Å². The predicted molar refractivity (Wildman–Crippen MR) is 112 cm³/mol. The van der Waals surface area contributed by atoms with Crippen LogP contribution in [0.4, 0.5) is 5.69 Å². The van der Waals surface area contributed by atoms with Crippen LogP contribution in [-0.4, -0.2) is 16.7 Å². The smallest absolute Gasteiger partial charge is 0.187 e. The van der Waals surface area contributed by atoms with Crippen molar-refractivity contribution in [1.29, 1.82) is 0 Å². The Kier molecular flexibility index (Phi) is 4.85. The van der Waals surface area contributed by atoms with Gasteiger partial charge in [-0.2, -0.15) is 0 Å². The summed E-state index contributed by atoms with van der Waals surface area (Å²) in [6, 6.07) is 15.0. The van der Waals surface area contributed by atoms with Crippen LogP contribution in [0.3, 0.4) is 0 Å². The average molecular weight is 383 g/mol. The summed E-state index contributed by atoms with van der Waals surface area (Å²) in [4.78, 5) is 21.1. The van der Waals surface area contributed by atoms with Crippen LogP contribution in [0, 0.1) is 19.4 Å². The van der Waals surface area contributed by atoms with Crippen LogP contribution in [0.15, 0.2) is 58.0 Å². The molecule has 0 amide bonds. The van der Waals surface area contributed by atoms with E-state index in [1.54, 1.807) is 12.1 Å². The van der Waals surface area contributed by atoms with Crippen molar-refractivity contribution < 1.29 is 9.32 Å². The van der Waals surface area contributed by atoms with Crippen molar-refractivity contribution in [3.8, 4) is 11.1 Å². The van der Waals surface area contributed by atoms with E-state index in [9.17, 15) is 4.79 Å². The van der Waals surface area contributed by atoms with Crippen LogP contribution in [0.2, 0.25) is 0 Å². The molecule has 1 atom stereocenters. The van der Waals surface area contributed by atoms with Gasteiger partial charge in [0.25, 0.3) is 0 Å². The van der Waals surface area contributed by atoms with Gasteiger partial charge in [-0.25, -0.2) is 4.85 Å². The topological polar surface area (TPSA) is 59.8 Å². The van der Waals surface area contributed by atoms with E-state index in [2.05, 4.69) is 10.0 Å². The van der Waals surface area contributed by atoms with E-state index in [1.165, 1.54) is 0 Å². The molecule has 0 aliphatic carbocycles. The normalized spacial score (nSPS) is 15.1. The molecule has 1 aliphatic heterocycles. The van der Waals surface area contributed by atoms with Gasteiger partial charge in [0.05, 0.1) is 23.5 Å². The lowest BCUT2D eigenvalue weighted by Crippen LogP contribution is -2.13. The molecule has 1 aromatic heterocycles. The van der Waals surface area contributed by atoms with Crippen molar-refractivity contribution in [1.82, 2.24) is 5.16 Å². The number of hydrogen-bond acceptors (Lipinski definition) is 4. The summed E-state index contributed by atoms with van der Waals surface area (Å²) in [6.07, 6.45) is 0.261. The minimum absolute atomic E-state index is 0.0790. The zero-order valence-corrected chi connectivity index (χ0v) is 16.6. The highest BCUT2D eigenvalue weighted by atomic mass is 16.5. The number of carbonyl (C=O) groups is 1. The minimum atomic E-state index is -0.441. The van der Waals surface area contributed by atoms with Gasteiger partial charge in [-0.15, -0.1) is 0 Å². The first-order chi connectivity index (χ1) is 14.0. The summed E-state index contributed by atoms with van der Waals surface area (Å²) >= 11 is 0. The molecule has 5 heteroatoms. The molecule has 3 aromatic rings. The number of ketones is 1. The molecule has 0 radical (unpaired) electrons. The Labute approximate surface area is 169 Å². The quantitative estimate of drug-likeness (QED) is 0.542. The van der Waals surface area contributed by atoms with E-state index >= 15 is 0 Å². The van der Waals surface area contributed by atoms with Crippen molar-refractivity contribution in [2.24, 2.45) is 10.9 Å². The molecule has 1 aliphatic rings. The van der Waals surface area contributed by atoms with Crippen LogP contribution < -0.4 is 0 Å². The maximum atomic E-state index is 12.6. The second-order valence-corrected chi connectivity index (χ2v) is 7.53. The fourth-order valence-electron chi connectivity index (χ4n) is 3.62. The summed E-state index contributed by atoms with van der Waals surface area (Å²) in [6.45, 7) is 12.9. The van der Waals surface area contributed by atoms with Gasteiger partial charge in [0.1, 0.15) is 11.8 Å². The van der Waals surface area contributed by atoms with Gasteiger partial charge < -0.3 is 4.52 Å². The first kappa shape index (κ1) is 18.8. The monoisotopic (exact) mass is 383 g/mol.